The second kappa shape index (κ2) is 11.7. The van der Waals surface area contributed by atoms with Crippen LogP contribution < -0.4 is 15.5 Å². The van der Waals surface area contributed by atoms with E-state index in [9.17, 15) is 0 Å². The van der Waals surface area contributed by atoms with E-state index in [1.807, 2.05) is 0 Å². The normalized spacial score (nSPS) is 15.3. The maximum atomic E-state index is 2.55. The van der Waals surface area contributed by atoms with Crippen LogP contribution >= 0.6 is 0 Å². The van der Waals surface area contributed by atoms with E-state index in [4.69, 9.17) is 0 Å². The summed E-state index contributed by atoms with van der Waals surface area (Å²) in [5.41, 5.74) is 13.9. The quantitative estimate of drug-likeness (QED) is 0.178. The molecular weight excluding hydrogens is 593 g/mol. The fourth-order valence-corrected chi connectivity index (χ4v) is 8.18. The monoisotopic (exact) mass is 630 g/mol. The number of anilines is 2. The zero-order valence-electron chi connectivity index (χ0n) is 27.9. The van der Waals surface area contributed by atoms with Crippen LogP contribution in [-0.4, -0.2) is 10.6 Å². The van der Waals surface area contributed by atoms with Crippen LogP contribution in [0.1, 0.15) is 31.4 Å². The Kier molecular flexibility index (Phi) is 6.98. The minimum absolute atomic E-state index is 0.123. The average molecular weight is 631 g/mol. The topological polar surface area (TPSA) is 8.17 Å². The predicted octanol–water partition coefficient (Wildman–Crippen LogP) is 10.3. The Labute approximate surface area is 288 Å². The van der Waals surface area contributed by atoms with Gasteiger partial charge in [-0.25, -0.2) is 0 Å². The standard InChI is InChI=1S/C47H38N2/c1-47(2)43-21-13-12-20-41(43)46-45(47)42-32-40(30-31-44(42)49(46)37-18-10-5-11-19-37)48(38-26-22-35(23-27-38)33-14-6-3-7-15-33)39-28-24-36(25-29-39)34-16-8-4-9-17-34/h3-29,31-32,40H,30H2,1-2H3. The summed E-state index contributed by atoms with van der Waals surface area (Å²) in [6, 6.07) is 59.5. The van der Waals surface area contributed by atoms with E-state index in [0.29, 0.717) is 0 Å². The van der Waals surface area contributed by atoms with Gasteiger partial charge in [0.2, 0.25) is 0 Å². The maximum Gasteiger partial charge on any atom is 0.0584 e. The number of aromatic nitrogens is 1. The summed E-state index contributed by atoms with van der Waals surface area (Å²) in [6.07, 6.45) is 5.93. The molecule has 236 valence electrons. The molecule has 0 amide bonds. The number of fused-ring (bicyclic) bond motifs is 5. The van der Waals surface area contributed by atoms with Gasteiger partial charge in [0.25, 0.3) is 0 Å². The third-order valence-corrected chi connectivity index (χ3v) is 10.5. The van der Waals surface area contributed by atoms with E-state index >= 15 is 0 Å². The number of para-hydroxylation sites is 1. The summed E-state index contributed by atoms with van der Waals surface area (Å²) < 4.78 is 2.51. The van der Waals surface area contributed by atoms with Gasteiger partial charge in [0, 0.05) is 38.6 Å². The Morgan fingerprint density at radius 2 is 1.04 bits per heavy atom. The lowest BCUT2D eigenvalue weighted by atomic mass is 9.81. The second-order valence-corrected chi connectivity index (χ2v) is 13.7. The van der Waals surface area contributed by atoms with E-state index in [1.165, 1.54) is 72.3 Å². The summed E-state index contributed by atoms with van der Waals surface area (Å²) in [4.78, 5) is 2.53. The van der Waals surface area contributed by atoms with Crippen molar-refractivity contribution in [2.45, 2.75) is 31.7 Å². The third kappa shape index (κ3) is 4.86. The first-order valence-corrected chi connectivity index (χ1v) is 17.3. The zero-order chi connectivity index (χ0) is 33.0. The van der Waals surface area contributed by atoms with Crippen LogP contribution in [0.2, 0.25) is 0 Å². The molecule has 2 aliphatic carbocycles. The molecule has 7 aromatic rings. The zero-order valence-corrected chi connectivity index (χ0v) is 27.9. The lowest BCUT2D eigenvalue weighted by molar-refractivity contribution is 0.655. The van der Waals surface area contributed by atoms with Gasteiger partial charge < -0.3 is 9.47 Å². The van der Waals surface area contributed by atoms with E-state index < -0.39 is 0 Å². The molecule has 0 fully saturated rings. The smallest absolute Gasteiger partial charge is 0.0584 e. The first-order valence-electron chi connectivity index (χ1n) is 17.3. The number of nitrogens with zero attached hydrogens (tertiary/aromatic N) is 2. The molecule has 1 unspecified atom stereocenters. The molecule has 0 radical (unpaired) electrons. The van der Waals surface area contributed by atoms with Gasteiger partial charge in [-0.3, -0.25) is 0 Å². The summed E-state index contributed by atoms with van der Waals surface area (Å²) in [5, 5.41) is 2.65. The van der Waals surface area contributed by atoms with Crippen molar-refractivity contribution in [2.75, 3.05) is 4.90 Å². The highest BCUT2D eigenvalue weighted by molar-refractivity contribution is 5.82. The third-order valence-electron chi connectivity index (χ3n) is 10.5. The molecule has 2 nitrogen and oxygen atoms in total. The van der Waals surface area contributed by atoms with Crippen LogP contribution in [0, 0.1) is 0 Å². The molecule has 9 rings (SSSR count). The molecule has 1 heterocycles. The van der Waals surface area contributed by atoms with Crippen LogP contribution in [0.5, 0.6) is 0 Å². The van der Waals surface area contributed by atoms with Gasteiger partial charge in [-0.2, -0.15) is 0 Å². The van der Waals surface area contributed by atoms with Crippen molar-refractivity contribution < 1.29 is 0 Å². The first kappa shape index (κ1) is 29.3. The maximum absolute atomic E-state index is 2.55. The fourth-order valence-electron chi connectivity index (χ4n) is 8.18. The number of hydrogen-bond donors (Lipinski definition) is 0. The predicted molar refractivity (Wildman–Crippen MR) is 206 cm³/mol. The van der Waals surface area contributed by atoms with E-state index in [2.05, 4.69) is 199 Å². The molecule has 6 aromatic carbocycles. The summed E-state index contributed by atoms with van der Waals surface area (Å²) in [6.45, 7) is 4.79. The van der Waals surface area contributed by atoms with Crippen LogP contribution in [-0.2, 0) is 5.41 Å². The van der Waals surface area contributed by atoms with Gasteiger partial charge in [-0.1, -0.05) is 153 Å². The summed E-state index contributed by atoms with van der Waals surface area (Å²) in [5.74, 6) is 0. The highest BCUT2D eigenvalue weighted by atomic mass is 15.2. The second-order valence-electron chi connectivity index (χ2n) is 13.7. The fraction of sp³-hybridized carbons (Fsp3) is 0.106. The minimum Gasteiger partial charge on any atom is -0.334 e. The Morgan fingerprint density at radius 1 is 0.551 bits per heavy atom. The molecule has 0 saturated heterocycles. The molecule has 2 aliphatic rings. The van der Waals surface area contributed by atoms with Gasteiger partial charge >= 0.3 is 0 Å². The van der Waals surface area contributed by atoms with Crippen LogP contribution in [0.3, 0.4) is 0 Å². The molecule has 2 heteroatoms. The van der Waals surface area contributed by atoms with Crippen LogP contribution in [0.4, 0.5) is 11.4 Å². The molecule has 0 bridgehead atoms. The molecule has 0 spiro atoms. The number of rotatable bonds is 6. The van der Waals surface area contributed by atoms with E-state index in [1.54, 1.807) is 0 Å². The van der Waals surface area contributed by atoms with Gasteiger partial charge in [0.1, 0.15) is 0 Å². The van der Waals surface area contributed by atoms with Crippen molar-refractivity contribution in [3.8, 4) is 39.2 Å². The largest absolute Gasteiger partial charge is 0.334 e. The van der Waals surface area contributed by atoms with Crippen molar-refractivity contribution in [1.29, 1.82) is 0 Å². The highest BCUT2D eigenvalue weighted by Gasteiger charge is 2.40. The Morgan fingerprint density at radius 3 is 1.61 bits per heavy atom. The molecule has 0 aliphatic heterocycles. The van der Waals surface area contributed by atoms with Gasteiger partial charge in [-0.05, 0) is 76.2 Å². The van der Waals surface area contributed by atoms with Gasteiger partial charge in [0.05, 0.1) is 11.7 Å². The van der Waals surface area contributed by atoms with E-state index in [-0.39, 0.29) is 11.5 Å². The molecule has 0 saturated carbocycles. The van der Waals surface area contributed by atoms with Gasteiger partial charge in [-0.15, -0.1) is 0 Å². The van der Waals surface area contributed by atoms with Crippen LogP contribution in [0.25, 0.3) is 51.4 Å². The summed E-state index contributed by atoms with van der Waals surface area (Å²) in [7, 11) is 0. The lowest BCUT2D eigenvalue weighted by Crippen LogP contribution is -2.41. The van der Waals surface area contributed by atoms with E-state index in [0.717, 1.165) is 6.42 Å². The van der Waals surface area contributed by atoms with Crippen LogP contribution in [0.15, 0.2) is 164 Å². The number of benzene rings is 6. The van der Waals surface area contributed by atoms with Crippen molar-refractivity contribution in [3.63, 3.8) is 0 Å². The molecule has 1 aromatic heterocycles. The van der Waals surface area contributed by atoms with Gasteiger partial charge in [0.15, 0.2) is 0 Å². The van der Waals surface area contributed by atoms with Crippen molar-refractivity contribution in [2.24, 2.45) is 0 Å². The average Bonchev–Trinajstić information content (AvgIpc) is 3.63. The Balaban J connectivity index is 1.22. The first-order chi connectivity index (χ1) is 24.1. The molecule has 1 atom stereocenters. The highest BCUT2D eigenvalue weighted by Crippen LogP contribution is 2.47. The lowest BCUT2D eigenvalue weighted by Gasteiger charge is -2.33. The summed E-state index contributed by atoms with van der Waals surface area (Å²) >= 11 is 0. The molecule has 0 N–H and O–H groups in total. The Hall–Kier alpha value is -5.86. The Bertz CT molecular complexity index is 2320. The van der Waals surface area contributed by atoms with Crippen molar-refractivity contribution >= 4 is 23.5 Å². The van der Waals surface area contributed by atoms with Crippen molar-refractivity contribution in [3.05, 3.63) is 185 Å². The SMILES string of the molecule is CC1(C)c2ccccc2-c2c1c1c(n2-c2ccccc2)=CCC(N(c2ccc(-c3ccccc3)cc2)c2ccc(-c3ccccc3)cc2)C=1. The van der Waals surface area contributed by atoms with Crippen molar-refractivity contribution in [1.82, 2.24) is 4.57 Å². The minimum atomic E-state index is -0.123. The number of hydrogen-bond acceptors (Lipinski definition) is 1. The molecule has 49 heavy (non-hydrogen) atoms. The molecular formula is C47H38N2.